The van der Waals surface area contributed by atoms with Gasteiger partial charge in [-0.15, -0.1) is 0 Å². The van der Waals surface area contributed by atoms with Crippen LogP contribution >= 0.6 is 0 Å². The molecule has 3 amide bonds. The van der Waals surface area contributed by atoms with Crippen molar-refractivity contribution in [3.8, 4) is 11.1 Å². The summed E-state index contributed by atoms with van der Waals surface area (Å²) >= 11 is 0. The van der Waals surface area contributed by atoms with Gasteiger partial charge < -0.3 is 21.1 Å². The first-order valence-electron chi connectivity index (χ1n) is 12.6. The van der Waals surface area contributed by atoms with E-state index < -0.39 is 29.9 Å². The van der Waals surface area contributed by atoms with E-state index in [2.05, 4.69) is 34.9 Å². The van der Waals surface area contributed by atoms with E-state index in [-0.39, 0.29) is 24.9 Å². The normalized spacial score (nSPS) is 14.5. The monoisotopic (exact) mass is 499 g/mol. The molecular weight excluding hydrogens is 466 g/mol. The predicted molar refractivity (Wildman–Crippen MR) is 142 cm³/mol. The number of primary amides is 1. The number of nitrogens with one attached hydrogen (secondary N) is 2. The molecule has 0 spiro atoms. The molecule has 3 unspecified atom stereocenters. The van der Waals surface area contributed by atoms with E-state index in [1.165, 1.54) is 0 Å². The molecule has 0 radical (unpaired) electrons. The summed E-state index contributed by atoms with van der Waals surface area (Å²) in [6.45, 7) is 3.97. The van der Waals surface area contributed by atoms with Gasteiger partial charge in [0.05, 0.1) is 5.92 Å². The molecule has 0 bridgehead atoms. The van der Waals surface area contributed by atoms with Crippen LogP contribution in [0.15, 0.2) is 78.9 Å². The Labute approximate surface area is 217 Å². The van der Waals surface area contributed by atoms with Crippen LogP contribution in [0.5, 0.6) is 0 Å². The molecule has 1 aliphatic rings. The largest absolute Gasteiger partial charge is 0.449 e. The van der Waals surface area contributed by atoms with E-state index in [4.69, 9.17) is 10.5 Å². The van der Waals surface area contributed by atoms with Gasteiger partial charge in [-0.3, -0.25) is 9.59 Å². The third-order valence-electron chi connectivity index (χ3n) is 7.06. The maximum Gasteiger partial charge on any atom is 0.407 e. The molecule has 3 aromatic rings. The maximum atomic E-state index is 12.8. The first-order valence-corrected chi connectivity index (χ1v) is 12.6. The Morgan fingerprint density at radius 1 is 0.865 bits per heavy atom. The van der Waals surface area contributed by atoms with Gasteiger partial charge >= 0.3 is 6.09 Å². The fourth-order valence-corrected chi connectivity index (χ4v) is 4.82. The highest BCUT2D eigenvalue weighted by molar-refractivity contribution is 5.81. The van der Waals surface area contributed by atoms with Crippen molar-refractivity contribution in [2.24, 2.45) is 17.6 Å². The number of hydrogen-bond acceptors (Lipinski definition) is 4. The summed E-state index contributed by atoms with van der Waals surface area (Å²) in [5, 5.41) is 5.70. The minimum atomic E-state index is -0.676. The van der Waals surface area contributed by atoms with Crippen molar-refractivity contribution >= 4 is 17.9 Å². The Morgan fingerprint density at radius 3 is 2.03 bits per heavy atom. The lowest BCUT2D eigenvalue weighted by molar-refractivity contribution is -0.126. The van der Waals surface area contributed by atoms with Crippen molar-refractivity contribution in [3.05, 3.63) is 95.6 Å². The lowest BCUT2D eigenvalue weighted by Gasteiger charge is -2.26. The van der Waals surface area contributed by atoms with Crippen LogP contribution in [0.25, 0.3) is 11.1 Å². The van der Waals surface area contributed by atoms with Gasteiger partial charge in [-0.2, -0.15) is 0 Å². The first kappa shape index (κ1) is 25.9. The number of amides is 3. The number of carbonyl (C=O) groups excluding carboxylic acids is 3. The lowest BCUT2D eigenvalue weighted by Crippen LogP contribution is -2.46. The smallest absolute Gasteiger partial charge is 0.407 e. The van der Waals surface area contributed by atoms with Crippen molar-refractivity contribution in [1.29, 1.82) is 0 Å². The summed E-state index contributed by atoms with van der Waals surface area (Å²) in [7, 11) is 0. The quantitative estimate of drug-likeness (QED) is 0.385. The molecule has 0 heterocycles. The molecule has 37 heavy (non-hydrogen) atoms. The van der Waals surface area contributed by atoms with Crippen LogP contribution in [0, 0.1) is 11.8 Å². The van der Waals surface area contributed by atoms with Crippen molar-refractivity contribution < 1.29 is 19.1 Å². The van der Waals surface area contributed by atoms with Gasteiger partial charge in [-0.05, 0) is 34.2 Å². The minimum absolute atomic E-state index is 0.0761. The number of hydrogen-bond donors (Lipinski definition) is 3. The molecular formula is C30H33N3O4. The number of benzene rings is 3. The third kappa shape index (κ3) is 6.17. The number of alkyl carbamates (subject to hydrolysis) is 1. The average molecular weight is 500 g/mol. The molecule has 7 heteroatoms. The van der Waals surface area contributed by atoms with Gasteiger partial charge in [0.15, 0.2) is 0 Å². The number of rotatable bonds is 10. The number of nitrogens with two attached hydrogens (primary N) is 1. The Kier molecular flexibility index (Phi) is 8.23. The molecule has 3 atom stereocenters. The molecule has 0 saturated carbocycles. The fourth-order valence-electron chi connectivity index (χ4n) is 4.82. The van der Waals surface area contributed by atoms with Crippen LogP contribution in [0.2, 0.25) is 0 Å². The summed E-state index contributed by atoms with van der Waals surface area (Å²) in [6, 6.07) is 25.2. The SMILES string of the molecule is CC(CC(NC(=O)OCC1c2ccccc2-c2ccccc21)C(C)C(N)=O)C(=O)NCc1ccccc1. The van der Waals surface area contributed by atoms with Crippen LogP contribution < -0.4 is 16.4 Å². The van der Waals surface area contributed by atoms with Crippen molar-refractivity contribution in [2.75, 3.05) is 6.61 Å². The van der Waals surface area contributed by atoms with Gasteiger partial charge in [0.2, 0.25) is 11.8 Å². The molecule has 192 valence electrons. The molecule has 4 rings (SSSR count). The fraction of sp³-hybridized carbons (Fsp3) is 0.300. The predicted octanol–water partition coefficient (Wildman–Crippen LogP) is 4.36. The molecule has 0 aliphatic heterocycles. The van der Waals surface area contributed by atoms with Crippen LogP contribution in [0.3, 0.4) is 0 Å². The van der Waals surface area contributed by atoms with Crippen LogP contribution in [-0.2, 0) is 20.9 Å². The second-order valence-electron chi connectivity index (χ2n) is 9.61. The highest BCUT2D eigenvalue weighted by atomic mass is 16.5. The van der Waals surface area contributed by atoms with Gasteiger partial charge in [-0.25, -0.2) is 4.79 Å². The van der Waals surface area contributed by atoms with Crippen LogP contribution in [0.1, 0.15) is 42.9 Å². The topological polar surface area (TPSA) is 111 Å². The molecule has 0 fully saturated rings. The van der Waals surface area contributed by atoms with E-state index in [1.807, 2.05) is 54.6 Å². The van der Waals surface area contributed by atoms with Crippen molar-refractivity contribution in [1.82, 2.24) is 10.6 Å². The van der Waals surface area contributed by atoms with E-state index >= 15 is 0 Å². The summed E-state index contributed by atoms with van der Waals surface area (Å²) in [6.07, 6.45) is -0.397. The van der Waals surface area contributed by atoms with Crippen LogP contribution in [-0.4, -0.2) is 30.6 Å². The third-order valence-corrected chi connectivity index (χ3v) is 7.06. The minimum Gasteiger partial charge on any atom is -0.449 e. The van der Waals surface area contributed by atoms with Gasteiger partial charge in [0.25, 0.3) is 0 Å². The molecule has 7 nitrogen and oxygen atoms in total. The Hall–Kier alpha value is -4.13. The van der Waals surface area contributed by atoms with E-state index in [0.29, 0.717) is 6.54 Å². The first-order chi connectivity index (χ1) is 17.8. The Balaban J connectivity index is 1.37. The molecule has 3 aromatic carbocycles. The standard InChI is InChI=1S/C30H33N3O4/c1-19(29(35)32-17-21-10-4-3-5-11-21)16-27(20(2)28(31)34)33-30(36)37-18-26-24-14-8-6-12-22(24)23-13-7-9-15-25(23)26/h3-15,19-20,26-27H,16-18H2,1-2H3,(H2,31,34)(H,32,35)(H,33,36). The lowest BCUT2D eigenvalue weighted by atomic mass is 9.91. The van der Waals surface area contributed by atoms with E-state index in [1.54, 1.807) is 13.8 Å². The summed E-state index contributed by atoms with van der Waals surface area (Å²) in [5.74, 6) is -1.93. The number of ether oxygens (including phenoxy) is 1. The summed E-state index contributed by atoms with van der Waals surface area (Å²) in [4.78, 5) is 37.5. The van der Waals surface area contributed by atoms with Gasteiger partial charge in [0, 0.05) is 24.4 Å². The summed E-state index contributed by atoms with van der Waals surface area (Å²) in [5.41, 5.74) is 11.0. The number of fused-ring (bicyclic) bond motifs is 3. The molecule has 0 aromatic heterocycles. The highest BCUT2D eigenvalue weighted by Crippen LogP contribution is 2.44. The van der Waals surface area contributed by atoms with Crippen LogP contribution in [0.4, 0.5) is 4.79 Å². The summed E-state index contributed by atoms with van der Waals surface area (Å²) < 4.78 is 5.64. The van der Waals surface area contributed by atoms with Crippen molar-refractivity contribution in [2.45, 2.75) is 38.8 Å². The second-order valence-corrected chi connectivity index (χ2v) is 9.61. The Morgan fingerprint density at radius 2 is 1.43 bits per heavy atom. The molecule has 1 aliphatic carbocycles. The zero-order valence-corrected chi connectivity index (χ0v) is 21.1. The van der Waals surface area contributed by atoms with E-state index in [9.17, 15) is 14.4 Å². The number of carbonyl (C=O) groups is 3. The van der Waals surface area contributed by atoms with Crippen molar-refractivity contribution in [3.63, 3.8) is 0 Å². The van der Waals surface area contributed by atoms with Gasteiger partial charge in [-0.1, -0.05) is 92.7 Å². The van der Waals surface area contributed by atoms with Gasteiger partial charge in [0.1, 0.15) is 6.61 Å². The second kappa shape index (κ2) is 11.7. The molecule has 0 saturated heterocycles. The zero-order valence-electron chi connectivity index (χ0n) is 21.1. The van der Waals surface area contributed by atoms with E-state index in [0.717, 1.165) is 27.8 Å². The average Bonchev–Trinajstić information content (AvgIpc) is 3.23. The zero-order chi connectivity index (χ0) is 26.4. The molecule has 4 N–H and O–H groups in total. The highest BCUT2D eigenvalue weighted by Gasteiger charge is 2.31. The maximum absolute atomic E-state index is 12.8. The Bertz CT molecular complexity index is 1210.